The number of amides is 1. The largest absolute Gasteiger partial charge is 0.333 e. The highest BCUT2D eigenvalue weighted by Gasteiger charge is 2.25. The van der Waals surface area contributed by atoms with E-state index < -0.39 is 0 Å². The molecule has 0 aliphatic heterocycles. The summed E-state index contributed by atoms with van der Waals surface area (Å²) in [6.07, 6.45) is 3.77. The van der Waals surface area contributed by atoms with Crippen molar-refractivity contribution in [3.8, 4) is 11.3 Å². The number of nitrogens with zero attached hydrogens (tertiary/aromatic N) is 3. The van der Waals surface area contributed by atoms with Crippen LogP contribution in [-0.2, 0) is 13.0 Å². The van der Waals surface area contributed by atoms with Crippen LogP contribution >= 0.6 is 0 Å². The molecule has 1 aromatic heterocycles. The predicted octanol–water partition coefficient (Wildman–Crippen LogP) is 4.10. The van der Waals surface area contributed by atoms with Crippen LogP contribution in [-0.4, -0.2) is 33.9 Å². The van der Waals surface area contributed by atoms with Gasteiger partial charge in [-0.25, -0.2) is 9.97 Å². The summed E-state index contributed by atoms with van der Waals surface area (Å²) < 4.78 is 0. The molecule has 0 saturated carbocycles. The van der Waals surface area contributed by atoms with Gasteiger partial charge in [0.15, 0.2) is 0 Å². The van der Waals surface area contributed by atoms with Gasteiger partial charge < -0.3 is 10.6 Å². The Hall–Kier alpha value is -3.05. The predicted molar refractivity (Wildman–Crippen MR) is 119 cm³/mol. The van der Waals surface area contributed by atoms with Crippen LogP contribution in [0.2, 0.25) is 0 Å². The van der Waals surface area contributed by atoms with Gasteiger partial charge in [-0.1, -0.05) is 48.9 Å². The maximum atomic E-state index is 13.1. The molecule has 154 valence electrons. The Morgan fingerprint density at radius 1 is 1.10 bits per heavy atom. The lowest BCUT2D eigenvalue weighted by atomic mass is 9.98. The molecule has 0 spiro atoms. The second-order valence-corrected chi connectivity index (χ2v) is 8.10. The van der Waals surface area contributed by atoms with Gasteiger partial charge in [0, 0.05) is 42.0 Å². The lowest BCUT2D eigenvalue weighted by Crippen LogP contribution is -2.34. The molecular formula is C25H28N4O. The Morgan fingerprint density at radius 2 is 1.83 bits per heavy atom. The first-order valence-corrected chi connectivity index (χ1v) is 10.6. The van der Waals surface area contributed by atoms with E-state index in [-0.39, 0.29) is 5.91 Å². The third-order valence-electron chi connectivity index (χ3n) is 5.86. The highest BCUT2D eigenvalue weighted by Crippen LogP contribution is 2.37. The van der Waals surface area contributed by atoms with Gasteiger partial charge in [0.2, 0.25) is 0 Å². The number of hydrogen-bond acceptors (Lipinski definition) is 4. The van der Waals surface area contributed by atoms with Crippen LogP contribution in [0.4, 0.5) is 0 Å². The quantitative estimate of drug-likeness (QED) is 0.676. The molecule has 1 amide bonds. The van der Waals surface area contributed by atoms with Crippen molar-refractivity contribution < 1.29 is 4.79 Å². The van der Waals surface area contributed by atoms with Crippen molar-refractivity contribution in [2.75, 3.05) is 13.1 Å². The Balaban J connectivity index is 1.56. The maximum absolute atomic E-state index is 13.1. The molecule has 2 aromatic carbocycles. The second kappa shape index (κ2) is 8.76. The van der Waals surface area contributed by atoms with Crippen LogP contribution in [0.25, 0.3) is 11.3 Å². The van der Waals surface area contributed by atoms with Crippen LogP contribution < -0.4 is 5.73 Å². The van der Waals surface area contributed by atoms with Gasteiger partial charge in [-0.3, -0.25) is 4.79 Å². The van der Waals surface area contributed by atoms with Crippen LogP contribution in [0, 0.1) is 6.92 Å². The molecular weight excluding hydrogens is 372 g/mol. The molecule has 5 heteroatoms. The molecule has 0 saturated heterocycles. The van der Waals surface area contributed by atoms with Crippen molar-refractivity contribution in [3.05, 3.63) is 82.8 Å². The number of aryl methyl sites for hydroxylation is 2. The van der Waals surface area contributed by atoms with Crippen molar-refractivity contribution >= 4 is 5.91 Å². The van der Waals surface area contributed by atoms with E-state index in [4.69, 9.17) is 5.73 Å². The first kappa shape index (κ1) is 20.2. The first-order valence-electron chi connectivity index (χ1n) is 10.6. The van der Waals surface area contributed by atoms with Crippen molar-refractivity contribution in [1.82, 2.24) is 14.9 Å². The summed E-state index contributed by atoms with van der Waals surface area (Å²) in [7, 11) is 0. The summed E-state index contributed by atoms with van der Waals surface area (Å²) in [6.45, 7) is 5.79. The number of benzene rings is 2. The minimum atomic E-state index is -0.00569. The average molecular weight is 401 g/mol. The smallest absolute Gasteiger partial charge is 0.254 e. The molecule has 4 rings (SSSR count). The average Bonchev–Trinajstić information content (AvgIpc) is 3.16. The van der Waals surface area contributed by atoms with E-state index in [1.807, 2.05) is 29.2 Å². The molecule has 1 aliphatic carbocycles. The third kappa shape index (κ3) is 4.12. The fourth-order valence-corrected chi connectivity index (χ4v) is 4.15. The third-order valence-corrected chi connectivity index (χ3v) is 5.86. The van der Waals surface area contributed by atoms with E-state index in [1.54, 1.807) is 6.33 Å². The SMILES string of the molecule is Cc1ccc(CN(CCN)C(=O)c2ccc(-c3ncnc4c3[C@H](C)CC4)cc2)cc1. The van der Waals surface area contributed by atoms with Gasteiger partial charge in [0.05, 0.1) is 5.69 Å². The number of aromatic nitrogens is 2. The number of rotatable bonds is 6. The van der Waals surface area contributed by atoms with E-state index >= 15 is 0 Å². The van der Waals surface area contributed by atoms with Crippen molar-refractivity contribution in [2.45, 2.75) is 39.2 Å². The number of fused-ring (bicyclic) bond motifs is 1. The normalized spacial score (nSPS) is 15.1. The zero-order valence-corrected chi connectivity index (χ0v) is 17.6. The zero-order valence-electron chi connectivity index (χ0n) is 17.6. The van der Waals surface area contributed by atoms with E-state index in [0.717, 1.165) is 35.4 Å². The van der Waals surface area contributed by atoms with Gasteiger partial charge >= 0.3 is 0 Å². The standard InChI is InChI=1S/C25H28N4O/c1-17-3-6-19(7-4-17)15-29(14-13-26)25(30)21-10-8-20(9-11-21)24-23-18(2)5-12-22(23)27-16-28-24/h3-4,6-11,16,18H,5,12-15,26H2,1-2H3/t18-/m1/s1. The topological polar surface area (TPSA) is 72.1 Å². The van der Waals surface area contributed by atoms with E-state index in [2.05, 4.69) is 48.1 Å². The molecule has 0 bridgehead atoms. The number of carbonyl (C=O) groups excluding carboxylic acids is 1. The van der Waals surface area contributed by atoms with E-state index in [9.17, 15) is 4.79 Å². The molecule has 1 aliphatic rings. The first-order chi connectivity index (χ1) is 14.6. The lowest BCUT2D eigenvalue weighted by Gasteiger charge is -2.22. The van der Waals surface area contributed by atoms with Crippen LogP contribution in [0.15, 0.2) is 54.9 Å². The second-order valence-electron chi connectivity index (χ2n) is 8.10. The summed E-state index contributed by atoms with van der Waals surface area (Å²) in [6, 6.07) is 16.0. The molecule has 2 N–H and O–H groups in total. The lowest BCUT2D eigenvalue weighted by molar-refractivity contribution is 0.0748. The zero-order chi connectivity index (χ0) is 21.1. The molecule has 1 heterocycles. The highest BCUT2D eigenvalue weighted by molar-refractivity contribution is 5.94. The molecule has 0 fully saturated rings. The monoisotopic (exact) mass is 400 g/mol. The Kier molecular flexibility index (Phi) is 5.91. The van der Waals surface area contributed by atoms with E-state index in [0.29, 0.717) is 31.1 Å². The Morgan fingerprint density at radius 3 is 2.53 bits per heavy atom. The minimum Gasteiger partial charge on any atom is -0.333 e. The number of hydrogen-bond donors (Lipinski definition) is 1. The fraction of sp³-hybridized carbons (Fsp3) is 0.320. The van der Waals surface area contributed by atoms with Crippen LogP contribution in [0.1, 0.15) is 52.0 Å². The summed E-state index contributed by atoms with van der Waals surface area (Å²) in [5, 5.41) is 0. The van der Waals surface area contributed by atoms with Gasteiger partial charge in [-0.2, -0.15) is 0 Å². The minimum absolute atomic E-state index is 0.00569. The van der Waals surface area contributed by atoms with Gasteiger partial charge in [-0.15, -0.1) is 0 Å². The number of nitrogens with two attached hydrogens (primary N) is 1. The molecule has 1 atom stereocenters. The van der Waals surface area contributed by atoms with Crippen molar-refractivity contribution in [1.29, 1.82) is 0 Å². The van der Waals surface area contributed by atoms with E-state index in [1.165, 1.54) is 11.1 Å². The number of carbonyl (C=O) groups is 1. The molecule has 30 heavy (non-hydrogen) atoms. The molecule has 5 nitrogen and oxygen atoms in total. The highest BCUT2D eigenvalue weighted by atomic mass is 16.2. The van der Waals surface area contributed by atoms with Crippen molar-refractivity contribution in [2.24, 2.45) is 5.73 Å². The molecule has 0 radical (unpaired) electrons. The van der Waals surface area contributed by atoms with Gasteiger partial charge in [0.1, 0.15) is 6.33 Å². The van der Waals surface area contributed by atoms with Crippen molar-refractivity contribution in [3.63, 3.8) is 0 Å². The Labute approximate surface area is 178 Å². The summed E-state index contributed by atoms with van der Waals surface area (Å²) in [4.78, 5) is 23.9. The summed E-state index contributed by atoms with van der Waals surface area (Å²) in [5.74, 6) is 0.459. The van der Waals surface area contributed by atoms with Crippen LogP contribution in [0.5, 0.6) is 0 Å². The van der Waals surface area contributed by atoms with Gasteiger partial charge in [-0.05, 0) is 43.4 Å². The Bertz CT molecular complexity index is 1030. The van der Waals surface area contributed by atoms with Gasteiger partial charge in [0.25, 0.3) is 5.91 Å². The molecule has 3 aromatic rings. The summed E-state index contributed by atoms with van der Waals surface area (Å²) in [5.41, 5.74) is 13.2. The maximum Gasteiger partial charge on any atom is 0.254 e. The van der Waals surface area contributed by atoms with Crippen LogP contribution in [0.3, 0.4) is 0 Å². The fourth-order valence-electron chi connectivity index (χ4n) is 4.15. The summed E-state index contributed by atoms with van der Waals surface area (Å²) >= 11 is 0. The molecule has 0 unspecified atom stereocenters.